The number of ether oxygens (including phenoxy) is 2. The summed E-state index contributed by atoms with van der Waals surface area (Å²) in [6.07, 6.45) is 1.57. The van der Waals surface area contributed by atoms with Gasteiger partial charge in [-0.05, 0) is 45.4 Å². The molecule has 0 aliphatic rings. The van der Waals surface area contributed by atoms with Crippen molar-refractivity contribution in [2.24, 2.45) is 0 Å². The average molecular weight is 304 g/mol. The van der Waals surface area contributed by atoms with Crippen molar-refractivity contribution in [3.63, 3.8) is 0 Å². The highest BCUT2D eigenvalue weighted by molar-refractivity contribution is 6.31. The van der Waals surface area contributed by atoms with E-state index in [9.17, 15) is 4.39 Å². The van der Waals surface area contributed by atoms with Crippen LogP contribution in [0.15, 0.2) is 18.2 Å². The van der Waals surface area contributed by atoms with E-state index in [1.165, 1.54) is 6.07 Å². The van der Waals surface area contributed by atoms with Crippen molar-refractivity contribution >= 4 is 11.6 Å². The molecule has 0 aliphatic carbocycles. The summed E-state index contributed by atoms with van der Waals surface area (Å²) in [5.74, 6) is -0.272. The molecule has 3 nitrogen and oxygen atoms in total. The second-order valence-corrected chi connectivity index (χ2v) is 4.77. The first-order valence-corrected chi connectivity index (χ1v) is 7.43. The van der Waals surface area contributed by atoms with E-state index < -0.39 is 0 Å². The summed E-state index contributed by atoms with van der Waals surface area (Å²) in [5, 5.41) is 3.64. The van der Waals surface area contributed by atoms with Crippen LogP contribution in [0.2, 0.25) is 5.02 Å². The molecule has 0 unspecified atom stereocenters. The van der Waals surface area contributed by atoms with Crippen LogP contribution < -0.4 is 5.32 Å². The van der Waals surface area contributed by atoms with E-state index in [2.05, 4.69) is 5.32 Å². The molecule has 1 rings (SSSR count). The lowest BCUT2D eigenvalue weighted by Gasteiger charge is -2.16. The van der Waals surface area contributed by atoms with Crippen molar-refractivity contribution in [2.75, 3.05) is 19.8 Å². The number of benzene rings is 1. The van der Waals surface area contributed by atoms with Gasteiger partial charge in [-0.2, -0.15) is 0 Å². The topological polar surface area (TPSA) is 30.5 Å². The van der Waals surface area contributed by atoms with E-state index in [1.54, 1.807) is 12.1 Å². The lowest BCUT2D eigenvalue weighted by molar-refractivity contribution is -0.139. The van der Waals surface area contributed by atoms with E-state index in [4.69, 9.17) is 21.1 Å². The highest BCUT2D eigenvalue weighted by Gasteiger charge is 2.08. The molecular weight excluding hydrogens is 281 g/mol. The second-order valence-electron chi connectivity index (χ2n) is 4.36. The smallest absolute Gasteiger partial charge is 0.157 e. The fraction of sp³-hybridized carbons (Fsp3) is 0.600. The molecule has 114 valence electrons. The highest BCUT2D eigenvalue weighted by atomic mass is 35.5. The fourth-order valence-corrected chi connectivity index (χ4v) is 2.12. The maximum atomic E-state index is 13.5. The zero-order chi connectivity index (χ0) is 14.8. The maximum Gasteiger partial charge on any atom is 0.157 e. The lowest BCUT2D eigenvalue weighted by atomic mass is 10.2. The van der Waals surface area contributed by atoms with Gasteiger partial charge >= 0.3 is 0 Å². The van der Waals surface area contributed by atoms with Crippen LogP contribution in [0.25, 0.3) is 0 Å². The van der Waals surface area contributed by atoms with E-state index in [1.807, 2.05) is 13.8 Å². The SMILES string of the molecule is CCOC(CCCNCc1c(F)cccc1Cl)OCC. The van der Waals surface area contributed by atoms with Gasteiger partial charge in [0.05, 0.1) is 0 Å². The number of hydrogen-bond acceptors (Lipinski definition) is 3. The van der Waals surface area contributed by atoms with E-state index >= 15 is 0 Å². The van der Waals surface area contributed by atoms with Crippen LogP contribution in [0.1, 0.15) is 32.3 Å². The summed E-state index contributed by atoms with van der Waals surface area (Å²) in [4.78, 5) is 0. The van der Waals surface area contributed by atoms with Crippen LogP contribution in [0.3, 0.4) is 0 Å². The summed E-state index contributed by atoms with van der Waals surface area (Å²) in [6.45, 7) is 6.38. The third kappa shape index (κ3) is 6.18. The van der Waals surface area contributed by atoms with Gasteiger partial charge in [0.25, 0.3) is 0 Å². The van der Waals surface area contributed by atoms with E-state index in [0.29, 0.717) is 30.3 Å². The zero-order valence-electron chi connectivity index (χ0n) is 12.1. The first-order chi connectivity index (χ1) is 9.69. The van der Waals surface area contributed by atoms with Crippen LogP contribution in [0.4, 0.5) is 4.39 Å². The van der Waals surface area contributed by atoms with Crippen molar-refractivity contribution in [2.45, 2.75) is 39.5 Å². The van der Waals surface area contributed by atoms with Crippen molar-refractivity contribution in [3.8, 4) is 0 Å². The normalized spacial score (nSPS) is 11.2. The number of rotatable bonds is 10. The van der Waals surface area contributed by atoms with Crippen LogP contribution in [-0.4, -0.2) is 26.0 Å². The fourth-order valence-electron chi connectivity index (χ4n) is 1.89. The molecule has 0 heterocycles. The Kier molecular flexibility index (Phi) is 8.78. The molecule has 5 heteroatoms. The van der Waals surface area contributed by atoms with Gasteiger partial charge in [-0.15, -0.1) is 0 Å². The first kappa shape index (κ1) is 17.4. The highest BCUT2D eigenvalue weighted by Crippen LogP contribution is 2.18. The molecule has 1 aromatic carbocycles. The Balaban J connectivity index is 2.24. The van der Waals surface area contributed by atoms with Gasteiger partial charge in [-0.1, -0.05) is 17.7 Å². The standard InChI is InChI=1S/C15H23ClFNO2/c1-3-19-15(20-4-2)9-6-10-18-11-12-13(16)7-5-8-14(12)17/h5,7-8,15,18H,3-4,6,9-11H2,1-2H3. The Morgan fingerprint density at radius 2 is 1.95 bits per heavy atom. The maximum absolute atomic E-state index is 13.5. The van der Waals surface area contributed by atoms with Gasteiger partial charge in [-0.25, -0.2) is 4.39 Å². The minimum atomic E-state index is -0.272. The minimum absolute atomic E-state index is 0.149. The molecule has 1 N–H and O–H groups in total. The molecule has 0 saturated heterocycles. The first-order valence-electron chi connectivity index (χ1n) is 7.05. The number of hydrogen-bond donors (Lipinski definition) is 1. The molecule has 0 saturated carbocycles. The average Bonchev–Trinajstić information content (AvgIpc) is 2.41. The molecule has 0 atom stereocenters. The van der Waals surface area contributed by atoms with Crippen LogP contribution >= 0.6 is 11.6 Å². The van der Waals surface area contributed by atoms with Gasteiger partial charge in [0.15, 0.2) is 6.29 Å². The third-order valence-corrected chi connectivity index (χ3v) is 3.22. The number of halogens is 2. The van der Waals surface area contributed by atoms with Gasteiger partial charge in [0.1, 0.15) is 5.82 Å². The molecule has 20 heavy (non-hydrogen) atoms. The molecule has 0 amide bonds. The minimum Gasteiger partial charge on any atom is -0.353 e. The molecule has 1 aromatic rings. The van der Waals surface area contributed by atoms with Crippen LogP contribution in [0.5, 0.6) is 0 Å². The monoisotopic (exact) mass is 303 g/mol. The summed E-state index contributed by atoms with van der Waals surface area (Å²) < 4.78 is 24.4. The Bertz CT molecular complexity index is 364. The lowest BCUT2D eigenvalue weighted by Crippen LogP contribution is -2.21. The quantitative estimate of drug-likeness (QED) is 0.527. The van der Waals surface area contributed by atoms with Gasteiger partial charge in [-0.3, -0.25) is 0 Å². The van der Waals surface area contributed by atoms with Crippen molar-refractivity contribution in [1.29, 1.82) is 0 Å². The Hall–Kier alpha value is -0.680. The summed E-state index contributed by atoms with van der Waals surface area (Å²) in [7, 11) is 0. The van der Waals surface area contributed by atoms with Gasteiger partial charge < -0.3 is 14.8 Å². The largest absolute Gasteiger partial charge is 0.353 e. The summed E-state index contributed by atoms with van der Waals surface area (Å²) in [6, 6.07) is 4.72. The molecule has 0 radical (unpaired) electrons. The second kappa shape index (κ2) is 10.1. The molecule has 0 bridgehead atoms. The van der Waals surface area contributed by atoms with Gasteiger partial charge in [0, 0.05) is 30.3 Å². The Morgan fingerprint density at radius 3 is 2.55 bits per heavy atom. The summed E-state index contributed by atoms with van der Waals surface area (Å²) >= 11 is 5.96. The van der Waals surface area contributed by atoms with Crippen LogP contribution in [-0.2, 0) is 16.0 Å². The van der Waals surface area contributed by atoms with Crippen molar-refractivity contribution in [3.05, 3.63) is 34.6 Å². The third-order valence-electron chi connectivity index (χ3n) is 2.86. The Morgan fingerprint density at radius 1 is 1.25 bits per heavy atom. The molecule has 0 aromatic heterocycles. The predicted molar refractivity (Wildman–Crippen MR) is 79.4 cm³/mol. The number of nitrogens with one attached hydrogen (secondary N) is 1. The molecular formula is C15H23ClFNO2. The van der Waals surface area contributed by atoms with Crippen LogP contribution in [0, 0.1) is 5.82 Å². The Labute approximate surface area is 125 Å². The predicted octanol–water partition coefficient (Wildman–Crippen LogP) is 3.75. The molecule has 0 aliphatic heterocycles. The summed E-state index contributed by atoms with van der Waals surface area (Å²) in [5.41, 5.74) is 0.514. The van der Waals surface area contributed by atoms with Gasteiger partial charge in [0.2, 0.25) is 0 Å². The zero-order valence-corrected chi connectivity index (χ0v) is 12.9. The van der Waals surface area contributed by atoms with E-state index in [-0.39, 0.29) is 12.1 Å². The van der Waals surface area contributed by atoms with Crippen molar-refractivity contribution in [1.82, 2.24) is 5.32 Å². The molecule has 0 fully saturated rings. The van der Waals surface area contributed by atoms with E-state index in [0.717, 1.165) is 19.4 Å². The van der Waals surface area contributed by atoms with Crippen molar-refractivity contribution < 1.29 is 13.9 Å². The molecule has 0 spiro atoms.